The highest BCUT2D eigenvalue weighted by molar-refractivity contribution is 5.80. The maximum Gasteiger partial charge on any atom is 0.332 e. The SMILES string of the molecule is COC(=C\C(=O)O)/C=C/C=C(/C)c1ccc(C(C)(C)C)cc1. The molecule has 0 heterocycles. The van der Waals surface area contributed by atoms with E-state index in [-0.39, 0.29) is 5.41 Å². The quantitative estimate of drug-likeness (QED) is 0.492. The fourth-order valence-electron chi connectivity index (χ4n) is 1.91. The molecule has 1 rings (SSSR count). The van der Waals surface area contributed by atoms with Crippen molar-refractivity contribution in [3.63, 3.8) is 0 Å². The second kappa shape index (κ2) is 7.64. The molecule has 0 unspecified atom stereocenters. The molecule has 118 valence electrons. The van der Waals surface area contributed by atoms with E-state index >= 15 is 0 Å². The minimum Gasteiger partial charge on any atom is -0.496 e. The van der Waals surface area contributed by atoms with Gasteiger partial charge in [-0.2, -0.15) is 0 Å². The Kier molecular flexibility index (Phi) is 6.17. The molecule has 0 fully saturated rings. The van der Waals surface area contributed by atoms with Crippen LogP contribution in [0.5, 0.6) is 0 Å². The predicted molar refractivity (Wildman–Crippen MR) is 90.7 cm³/mol. The monoisotopic (exact) mass is 300 g/mol. The third kappa shape index (κ3) is 5.60. The van der Waals surface area contributed by atoms with E-state index in [1.54, 1.807) is 12.2 Å². The zero-order valence-electron chi connectivity index (χ0n) is 13.9. The van der Waals surface area contributed by atoms with Gasteiger partial charge in [-0.3, -0.25) is 0 Å². The van der Waals surface area contributed by atoms with Crippen molar-refractivity contribution in [2.24, 2.45) is 0 Å². The van der Waals surface area contributed by atoms with E-state index in [4.69, 9.17) is 9.84 Å². The molecule has 0 saturated carbocycles. The van der Waals surface area contributed by atoms with Crippen LogP contribution in [-0.4, -0.2) is 18.2 Å². The van der Waals surface area contributed by atoms with Crippen LogP contribution < -0.4 is 0 Å². The highest BCUT2D eigenvalue weighted by Gasteiger charge is 2.12. The van der Waals surface area contributed by atoms with Crippen LogP contribution in [0.15, 0.2) is 54.3 Å². The zero-order valence-corrected chi connectivity index (χ0v) is 13.9. The van der Waals surface area contributed by atoms with Crippen LogP contribution in [0.1, 0.15) is 38.8 Å². The van der Waals surface area contributed by atoms with E-state index in [1.165, 1.54) is 12.7 Å². The van der Waals surface area contributed by atoms with Gasteiger partial charge in [0.25, 0.3) is 0 Å². The van der Waals surface area contributed by atoms with Gasteiger partial charge in [0.2, 0.25) is 0 Å². The van der Waals surface area contributed by atoms with Crippen LogP contribution in [0, 0.1) is 0 Å². The molecular weight excluding hydrogens is 276 g/mol. The lowest BCUT2D eigenvalue weighted by Crippen LogP contribution is -2.10. The molecular formula is C19H24O3. The zero-order chi connectivity index (χ0) is 16.8. The van der Waals surface area contributed by atoms with E-state index in [0.717, 1.165) is 17.2 Å². The molecule has 0 bridgehead atoms. The molecule has 3 heteroatoms. The number of ether oxygens (including phenoxy) is 1. The number of carboxylic acid groups (broad SMARTS) is 1. The summed E-state index contributed by atoms with van der Waals surface area (Å²) in [5.41, 5.74) is 3.68. The van der Waals surface area contributed by atoms with Crippen LogP contribution in [0.4, 0.5) is 0 Å². The summed E-state index contributed by atoms with van der Waals surface area (Å²) < 4.78 is 4.97. The minimum absolute atomic E-state index is 0.144. The van der Waals surface area contributed by atoms with E-state index in [0.29, 0.717) is 5.76 Å². The first-order valence-electron chi connectivity index (χ1n) is 7.18. The molecule has 0 spiro atoms. The van der Waals surface area contributed by atoms with Crippen molar-refractivity contribution < 1.29 is 14.6 Å². The minimum atomic E-state index is -1.03. The summed E-state index contributed by atoms with van der Waals surface area (Å²) >= 11 is 0. The topological polar surface area (TPSA) is 46.5 Å². The molecule has 0 atom stereocenters. The van der Waals surface area contributed by atoms with Gasteiger partial charge in [-0.15, -0.1) is 0 Å². The lowest BCUT2D eigenvalue weighted by Gasteiger charge is -2.19. The van der Waals surface area contributed by atoms with Gasteiger partial charge >= 0.3 is 5.97 Å². The molecule has 0 aliphatic heterocycles. The van der Waals surface area contributed by atoms with Gasteiger partial charge in [0.05, 0.1) is 13.2 Å². The summed E-state index contributed by atoms with van der Waals surface area (Å²) in [4.78, 5) is 10.6. The number of carbonyl (C=O) groups is 1. The van der Waals surface area contributed by atoms with Crippen molar-refractivity contribution in [2.75, 3.05) is 7.11 Å². The molecule has 0 aromatic heterocycles. The molecule has 1 aromatic rings. The Bertz CT molecular complexity index is 597. The van der Waals surface area contributed by atoms with Gasteiger partial charge in [0, 0.05) is 0 Å². The Labute approximate surface area is 132 Å². The van der Waals surface area contributed by atoms with E-state index < -0.39 is 5.97 Å². The average Bonchev–Trinajstić information content (AvgIpc) is 2.44. The number of carboxylic acids is 1. The first kappa shape index (κ1) is 17.8. The normalized spacial score (nSPS) is 13.5. The van der Waals surface area contributed by atoms with Gasteiger partial charge in [-0.25, -0.2) is 4.79 Å². The molecule has 22 heavy (non-hydrogen) atoms. The van der Waals surface area contributed by atoms with Crippen LogP contribution >= 0.6 is 0 Å². The summed E-state index contributed by atoms with van der Waals surface area (Å²) in [5, 5.41) is 8.69. The van der Waals surface area contributed by atoms with Crippen molar-refractivity contribution in [1.82, 2.24) is 0 Å². The molecule has 1 aromatic carbocycles. The first-order chi connectivity index (χ1) is 10.2. The number of hydrogen-bond donors (Lipinski definition) is 1. The standard InChI is InChI=1S/C19H24O3/c1-14(7-6-8-17(22-5)13-18(20)21)15-9-11-16(12-10-15)19(2,3)4/h6-13H,1-5H3,(H,20,21)/b8-6+,14-7-,17-13-. The van der Waals surface area contributed by atoms with Gasteiger partial charge in [-0.1, -0.05) is 57.2 Å². The van der Waals surface area contributed by atoms with Crippen LogP contribution in [-0.2, 0) is 14.9 Å². The largest absolute Gasteiger partial charge is 0.496 e. The molecule has 1 N–H and O–H groups in total. The van der Waals surface area contributed by atoms with Crippen LogP contribution in [0.2, 0.25) is 0 Å². The summed E-state index contributed by atoms with van der Waals surface area (Å²) in [6.45, 7) is 8.58. The molecule has 0 aliphatic carbocycles. The van der Waals surface area contributed by atoms with Gasteiger partial charge in [0.1, 0.15) is 5.76 Å². The fourth-order valence-corrected chi connectivity index (χ4v) is 1.91. The summed E-state index contributed by atoms with van der Waals surface area (Å²) in [7, 11) is 1.45. The molecule has 0 radical (unpaired) electrons. The maximum absolute atomic E-state index is 10.6. The van der Waals surface area contributed by atoms with E-state index in [9.17, 15) is 4.79 Å². The van der Waals surface area contributed by atoms with Crippen molar-refractivity contribution in [2.45, 2.75) is 33.1 Å². The van der Waals surface area contributed by atoms with Crippen molar-refractivity contribution in [1.29, 1.82) is 0 Å². The molecule has 0 aliphatic rings. The summed E-state index contributed by atoms with van der Waals surface area (Å²) in [5.74, 6) is -0.723. The second-order valence-electron chi connectivity index (χ2n) is 6.13. The third-order valence-corrected chi connectivity index (χ3v) is 3.31. The lowest BCUT2D eigenvalue weighted by molar-refractivity contribution is -0.131. The van der Waals surface area contributed by atoms with Crippen LogP contribution in [0.25, 0.3) is 5.57 Å². The van der Waals surface area contributed by atoms with Gasteiger partial charge < -0.3 is 9.84 Å². The van der Waals surface area contributed by atoms with Gasteiger partial charge in [-0.05, 0) is 35.1 Å². The highest BCUT2D eigenvalue weighted by atomic mass is 16.5. The summed E-state index contributed by atoms with van der Waals surface area (Å²) in [6.07, 6.45) is 6.37. The second-order valence-corrected chi connectivity index (χ2v) is 6.13. The highest BCUT2D eigenvalue weighted by Crippen LogP contribution is 2.24. The Balaban J connectivity index is 2.87. The van der Waals surface area contributed by atoms with E-state index in [2.05, 4.69) is 45.0 Å². The van der Waals surface area contributed by atoms with E-state index in [1.807, 2.05) is 13.0 Å². The molecule has 0 saturated heterocycles. The summed E-state index contributed by atoms with van der Waals surface area (Å²) in [6, 6.07) is 8.48. The number of methoxy groups -OCH3 is 1. The molecule has 0 amide bonds. The fraction of sp³-hybridized carbons (Fsp3) is 0.316. The number of aliphatic carboxylic acids is 1. The lowest BCUT2D eigenvalue weighted by atomic mass is 9.86. The Hall–Kier alpha value is -2.29. The number of hydrogen-bond acceptors (Lipinski definition) is 2. The average molecular weight is 300 g/mol. The smallest absolute Gasteiger partial charge is 0.332 e. The Morgan fingerprint density at radius 2 is 1.77 bits per heavy atom. The maximum atomic E-state index is 10.6. The first-order valence-corrected chi connectivity index (χ1v) is 7.18. The Morgan fingerprint density at radius 3 is 2.23 bits per heavy atom. The third-order valence-electron chi connectivity index (χ3n) is 3.31. The Morgan fingerprint density at radius 1 is 1.18 bits per heavy atom. The van der Waals surface area contributed by atoms with Crippen molar-refractivity contribution in [3.8, 4) is 0 Å². The van der Waals surface area contributed by atoms with Crippen LogP contribution in [0.3, 0.4) is 0 Å². The number of benzene rings is 1. The van der Waals surface area contributed by atoms with Crippen molar-refractivity contribution >= 4 is 11.5 Å². The number of rotatable bonds is 5. The predicted octanol–water partition coefficient (Wildman–Crippen LogP) is 4.56. The van der Waals surface area contributed by atoms with Crippen molar-refractivity contribution in [3.05, 3.63) is 65.5 Å². The number of allylic oxidation sites excluding steroid dienone is 4. The molecule has 3 nitrogen and oxygen atoms in total. The van der Waals surface area contributed by atoms with Gasteiger partial charge in [0.15, 0.2) is 0 Å².